The first kappa shape index (κ1) is 14.4. The molecule has 0 radical (unpaired) electrons. The van der Waals surface area contributed by atoms with Crippen LogP contribution in [0.15, 0.2) is 0 Å². The molecule has 1 N–H and O–H groups in total. The Balaban J connectivity index is 2.16. The SMILES string of the molecule is CCN(CCOC(C)C#N)CC1CCCNC1. The molecule has 0 spiro atoms. The molecule has 1 fully saturated rings. The number of nitrogens with zero attached hydrogens (tertiary/aromatic N) is 2. The summed E-state index contributed by atoms with van der Waals surface area (Å²) >= 11 is 0. The molecule has 1 rings (SSSR count). The summed E-state index contributed by atoms with van der Waals surface area (Å²) in [7, 11) is 0. The van der Waals surface area contributed by atoms with Crippen molar-refractivity contribution in [2.45, 2.75) is 32.8 Å². The number of piperidine rings is 1. The Morgan fingerprint density at radius 2 is 2.41 bits per heavy atom. The molecule has 1 saturated heterocycles. The molecule has 2 atom stereocenters. The zero-order valence-corrected chi connectivity index (χ0v) is 11.1. The molecule has 0 saturated carbocycles. The molecule has 1 aliphatic heterocycles. The molecule has 2 unspecified atom stereocenters. The van der Waals surface area contributed by atoms with E-state index in [1.165, 1.54) is 19.4 Å². The number of rotatable bonds is 7. The third-order valence-corrected chi connectivity index (χ3v) is 3.32. The quantitative estimate of drug-likeness (QED) is 0.726. The van der Waals surface area contributed by atoms with E-state index in [1.54, 1.807) is 6.92 Å². The van der Waals surface area contributed by atoms with Crippen molar-refractivity contribution in [3.63, 3.8) is 0 Å². The second-order valence-corrected chi connectivity index (χ2v) is 4.75. The van der Waals surface area contributed by atoms with Crippen LogP contribution in [0.1, 0.15) is 26.7 Å². The van der Waals surface area contributed by atoms with Gasteiger partial charge >= 0.3 is 0 Å². The first-order valence-corrected chi connectivity index (χ1v) is 6.70. The van der Waals surface area contributed by atoms with Gasteiger partial charge in [-0.15, -0.1) is 0 Å². The van der Waals surface area contributed by atoms with E-state index in [0.717, 1.165) is 32.1 Å². The average molecular weight is 239 g/mol. The summed E-state index contributed by atoms with van der Waals surface area (Å²) in [5, 5.41) is 12.1. The predicted molar refractivity (Wildman–Crippen MR) is 68.7 cm³/mol. The third-order valence-electron chi connectivity index (χ3n) is 3.32. The fraction of sp³-hybridized carbons (Fsp3) is 0.923. The van der Waals surface area contributed by atoms with Crippen LogP contribution < -0.4 is 5.32 Å². The standard InChI is InChI=1S/C13H25N3O/c1-3-16(7-8-17-12(2)9-14)11-13-5-4-6-15-10-13/h12-13,15H,3-8,10-11H2,1-2H3. The highest BCUT2D eigenvalue weighted by Gasteiger charge is 2.16. The Bertz CT molecular complexity index is 233. The largest absolute Gasteiger partial charge is 0.362 e. The summed E-state index contributed by atoms with van der Waals surface area (Å²) < 4.78 is 5.39. The van der Waals surface area contributed by atoms with Gasteiger partial charge in [-0.05, 0) is 45.3 Å². The second-order valence-electron chi connectivity index (χ2n) is 4.75. The Morgan fingerprint density at radius 3 is 3.00 bits per heavy atom. The molecule has 1 heterocycles. The van der Waals surface area contributed by atoms with E-state index >= 15 is 0 Å². The number of hydrogen-bond donors (Lipinski definition) is 1. The molecule has 0 aromatic rings. The van der Waals surface area contributed by atoms with Crippen molar-refractivity contribution in [3.05, 3.63) is 0 Å². The zero-order chi connectivity index (χ0) is 12.5. The first-order chi connectivity index (χ1) is 8.26. The van der Waals surface area contributed by atoms with Gasteiger partial charge in [-0.3, -0.25) is 0 Å². The highest BCUT2D eigenvalue weighted by molar-refractivity contribution is 4.79. The highest BCUT2D eigenvalue weighted by Crippen LogP contribution is 2.11. The lowest BCUT2D eigenvalue weighted by Gasteiger charge is -2.29. The summed E-state index contributed by atoms with van der Waals surface area (Å²) in [5.41, 5.74) is 0. The molecule has 4 nitrogen and oxygen atoms in total. The normalized spacial score (nSPS) is 22.4. The van der Waals surface area contributed by atoms with Gasteiger partial charge < -0.3 is 15.0 Å². The van der Waals surface area contributed by atoms with Crippen LogP contribution in [-0.4, -0.2) is 50.3 Å². The van der Waals surface area contributed by atoms with E-state index in [-0.39, 0.29) is 6.10 Å². The van der Waals surface area contributed by atoms with E-state index in [2.05, 4.69) is 23.2 Å². The Kier molecular flexibility index (Phi) is 7.18. The van der Waals surface area contributed by atoms with Gasteiger partial charge in [0.1, 0.15) is 6.10 Å². The van der Waals surface area contributed by atoms with Crippen molar-refractivity contribution in [3.8, 4) is 6.07 Å². The molecule has 0 aliphatic carbocycles. The average Bonchev–Trinajstić information content (AvgIpc) is 2.38. The number of nitrogens with one attached hydrogen (secondary N) is 1. The molecule has 0 bridgehead atoms. The smallest absolute Gasteiger partial charge is 0.141 e. The van der Waals surface area contributed by atoms with Crippen molar-refractivity contribution in [2.75, 3.05) is 39.3 Å². The third kappa shape index (κ3) is 6.02. The number of nitriles is 1. The lowest BCUT2D eigenvalue weighted by molar-refractivity contribution is 0.0738. The van der Waals surface area contributed by atoms with Crippen LogP contribution in [0.3, 0.4) is 0 Å². The molecule has 0 aromatic heterocycles. The van der Waals surface area contributed by atoms with E-state index in [0.29, 0.717) is 6.61 Å². The molecule has 0 aromatic carbocycles. The summed E-state index contributed by atoms with van der Waals surface area (Å²) in [4.78, 5) is 2.42. The van der Waals surface area contributed by atoms with E-state index in [9.17, 15) is 0 Å². The summed E-state index contributed by atoms with van der Waals surface area (Å²) in [6.45, 7) is 10.1. The maximum absolute atomic E-state index is 8.62. The van der Waals surface area contributed by atoms with Gasteiger partial charge in [-0.2, -0.15) is 5.26 Å². The van der Waals surface area contributed by atoms with Gasteiger partial charge in [0.2, 0.25) is 0 Å². The van der Waals surface area contributed by atoms with Gasteiger partial charge in [-0.1, -0.05) is 6.92 Å². The monoisotopic (exact) mass is 239 g/mol. The van der Waals surface area contributed by atoms with Gasteiger partial charge in [-0.25, -0.2) is 0 Å². The van der Waals surface area contributed by atoms with Crippen LogP contribution >= 0.6 is 0 Å². The molecule has 17 heavy (non-hydrogen) atoms. The second kappa shape index (κ2) is 8.46. The number of likely N-dealkylation sites (N-methyl/N-ethyl adjacent to an activating group) is 1. The summed E-state index contributed by atoms with van der Waals surface area (Å²) in [5.74, 6) is 0.775. The van der Waals surface area contributed by atoms with Crippen molar-refractivity contribution < 1.29 is 4.74 Å². The minimum atomic E-state index is -0.287. The van der Waals surface area contributed by atoms with Gasteiger partial charge in [0.05, 0.1) is 12.7 Å². The Morgan fingerprint density at radius 1 is 1.59 bits per heavy atom. The van der Waals surface area contributed by atoms with Crippen LogP contribution in [0.2, 0.25) is 0 Å². The number of hydrogen-bond acceptors (Lipinski definition) is 4. The molecule has 98 valence electrons. The topological polar surface area (TPSA) is 48.3 Å². The van der Waals surface area contributed by atoms with Gasteiger partial charge in [0, 0.05) is 13.1 Å². The molecule has 1 aliphatic rings. The summed E-state index contributed by atoms with van der Waals surface area (Å²) in [6.07, 6.45) is 2.34. The van der Waals surface area contributed by atoms with Gasteiger partial charge in [0.15, 0.2) is 0 Å². The maximum atomic E-state index is 8.62. The fourth-order valence-electron chi connectivity index (χ4n) is 2.22. The molecular weight excluding hydrogens is 214 g/mol. The van der Waals surface area contributed by atoms with E-state index < -0.39 is 0 Å². The molecule has 0 amide bonds. The van der Waals surface area contributed by atoms with E-state index in [1.807, 2.05) is 0 Å². The van der Waals surface area contributed by atoms with Crippen LogP contribution in [0.25, 0.3) is 0 Å². The van der Waals surface area contributed by atoms with Crippen LogP contribution in [0, 0.1) is 17.2 Å². The predicted octanol–water partition coefficient (Wildman–Crippen LogP) is 1.24. The Hall–Kier alpha value is -0.630. The highest BCUT2D eigenvalue weighted by atomic mass is 16.5. The minimum Gasteiger partial charge on any atom is -0.362 e. The van der Waals surface area contributed by atoms with Crippen molar-refractivity contribution in [1.82, 2.24) is 10.2 Å². The minimum absolute atomic E-state index is 0.287. The fourth-order valence-corrected chi connectivity index (χ4v) is 2.22. The van der Waals surface area contributed by atoms with Crippen molar-refractivity contribution >= 4 is 0 Å². The molecular formula is C13H25N3O. The van der Waals surface area contributed by atoms with Crippen molar-refractivity contribution in [1.29, 1.82) is 5.26 Å². The lowest BCUT2D eigenvalue weighted by Crippen LogP contribution is -2.39. The molecule has 4 heteroatoms. The van der Waals surface area contributed by atoms with Crippen molar-refractivity contribution in [2.24, 2.45) is 5.92 Å². The lowest BCUT2D eigenvalue weighted by atomic mass is 9.99. The number of ether oxygens (including phenoxy) is 1. The van der Waals surface area contributed by atoms with Crippen LogP contribution in [0.4, 0.5) is 0 Å². The van der Waals surface area contributed by atoms with Crippen LogP contribution in [0.5, 0.6) is 0 Å². The zero-order valence-electron chi connectivity index (χ0n) is 11.1. The maximum Gasteiger partial charge on any atom is 0.141 e. The van der Waals surface area contributed by atoms with E-state index in [4.69, 9.17) is 10.00 Å². The first-order valence-electron chi connectivity index (χ1n) is 6.70. The Labute approximate surface area is 105 Å². The summed E-state index contributed by atoms with van der Waals surface area (Å²) in [6, 6.07) is 2.09. The van der Waals surface area contributed by atoms with Gasteiger partial charge in [0.25, 0.3) is 0 Å². The van der Waals surface area contributed by atoms with Crippen LogP contribution in [-0.2, 0) is 4.74 Å².